The quantitative estimate of drug-likeness (QED) is 0.848. The first kappa shape index (κ1) is 17.4. The molecular formula is C16H15ClN2O5S. The molecule has 132 valence electrons. The topological polar surface area (TPSA) is 93.7 Å². The molecule has 2 aromatic carbocycles. The Morgan fingerprint density at radius 3 is 2.52 bits per heavy atom. The Balaban J connectivity index is 1.75. The van der Waals surface area contributed by atoms with Crippen molar-refractivity contribution < 1.29 is 22.7 Å². The number of hydrogen-bond donors (Lipinski definition) is 2. The molecule has 0 atom stereocenters. The third-order valence-electron chi connectivity index (χ3n) is 3.25. The molecule has 2 aromatic rings. The minimum absolute atomic E-state index is 0.117. The SMILES string of the molecule is CC1(C)Oc2ccc(S(=O)(=O)NC(=O)Nc3cccc(Cl)c3)cc2O1. The number of urea groups is 1. The van der Waals surface area contributed by atoms with Crippen molar-refractivity contribution in [3.8, 4) is 11.5 Å². The number of rotatable bonds is 3. The summed E-state index contributed by atoms with van der Waals surface area (Å²) in [5, 5.41) is 2.82. The van der Waals surface area contributed by atoms with E-state index in [2.05, 4.69) is 5.32 Å². The molecule has 0 aliphatic carbocycles. The van der Waals surface area contributed by atoms with E-state index in [0.717, 1.165) is 0 Å². The van der Waals surface area contributed by atoms with Crippen LogP contribution in [0.3, 0.4) is 0 Å². The summed E-state index contributed by atoms with van der Waals surface area (Å²) in [6.45, 7) is 3.41. The van der Waals surface area contributed by atoms with Crippen LogP contribution >= 0.6 is 11.6 Å². The fourth-order valence-corrected chi connectivity index (χ4v) is 3.39. The van der Waals surface area contributed by atoms with Gasteiger partial charge >= 0.3 is 6.03 Å². The number of ether oxygens (including phenoxy) is 2. The lowest BCUT2D eigenvalue weighted by Gasteiger charge is -2.16. The van der Waals surface area contributed by atoms with E-state index in [1.54, 1.807) is 32.0 Å². The molecule has 25 heavy (non-hydrogen) atoms. The number of carbonyl (C=O) groups excluding carboxylic acids is 1. The van der Waals surface area contributed by atoms with Crippen molar-refractivity contribution in [2.75, 3.05) is 5.32 Å². The molecule has 0 unspecified atom stereocenters. The fourth-order valence-electron chi connectivity index (χ4n) is 2.27. The van der Waals surface area contributed by atoms with Crippen molar-refractivity contribution in [3.05, 3.63) is 47.5 Å². The third kappa shape index (κ3) is 3.97. The maximum atomic E-state index is 12.4. The minimum Gasteiger partial charge on any atom is -0.449 e. The lowest BCUT2D eigenvalue weighted by Crippen LogP contribution is -2.34. The predicted molar refractivity (Wildman–Crippen MR) is 92.6 cm³/mol. The van der Waals surface area contributed by atoms with E-state index in [9.17, 15) is 13.2 Å². The fraction of sp³-hybridized carbons (Fsp3) is 0.188. The lowest BCUT2D eigenvalue weighted by atomic mass is 10.3. The van der Waals surface area contributed by atoms with Crippen molar-refractivity contribution in [2.24, 2.45) is 0 Å². The summed E-state index contributed by atoms with van der Waals surface area (Å²) in [4.78, 5) is 11.8. The van der Waals surface area contributed by atoms with Crippen LogP contribution in [-0.4, -0.2) is 20.2 Å². The summed E-state index contributed by atoms with van der Waals surface area (Å²) < 4.78 is 37.7. The number of nitrogens with one attached hydrogen (secondary N) is 2. The highest BCUT2D eigenvalue weighted by atomic mass is 35.5. The van der Waals surface area contributed by atoms with Gasteiger partial charge in [0, 0.05) is 30.6 Å². The summed E-state index contributed by atoms with van der Waals surface area (Å²) >= 11 is 5.82. The van der Waals surface area contributed by atoms with Crippen molar-refractivity contribution in [1.29, 1.82) is 0 Å². The molecule has 2 N–H and O–H groups in total. The summed E-state index contributed by atoms with van der Waals surface area (Å²) in [5.41, 5.74) is 0.368. The molecule has 1 aliphatic heterocycles. The van der Waals surface area contributed by atoms with Gasteiger partial charge < -0.3 is 14.8 Å². The van der Waals surface area contributed by atoms with Crippen molar-refractivity contribution in [3.63, 3.8) is 0 Å². The van der Waals surface area contributed by atoms with Crippen LogP contribution in [0.4, 0.5) is 10.5 Å². The van der Waals surface area contributed by atoms with Crippen LogP contribution in [0.5, 0.6) is 11.5 Å². The molecule has 0 saturated heterocycles. The van der Waals surface area contributed by atoms with Gasteiger partial charge in [0.2, 0.25) is 5.79 Å². The number of anilines is 1. The molecule has 2 amide bonds. The van der Waals surface area contributed by atoms with Gasteiger partial charge in [-0.05, 0) is 30.3 Å². The third-order valence-corrected chi connectivity index (χ3v) is 4.81. The molecule has 1 aliphatic rings. The zero-order chi connectivity index (χ0) is 18.2. The number of carbonyl (C=O) groups is 1. The van der Waals surface area contributed by atoms with Gasteiger partial charge in [-0.3, -0.25) is 0 Å². The number of hydrogen-bond acceptors (Lipinski definition) is 5. The standard InChI is InChI=1S/C16H15ClN2O5S/c1-16(2)23-13-7-6-12(9-14(13)24-16)25(21,22)19-15(20)18-11-5-3-4-10(17)8-11/h3-9H,1-2H3,(H2,18,19,20). The second kappa shape index (κ2) is 6.12. The first-order chi connectivity index (χ1) is 11.6. The highest BCUT2D eigenvalue weighted by Crippen LogP contribution is 2.40. The van der Waals surface area contributed by atoms with Gasteiger partial charge in [0.25, 0.3) is 10.0 Å². The van der Waals surface area contributed by atoms with Crippen molar-refractivity contribution in [2.45, 2.75) is 24.5 Å². The Labute approximate surface area is 149 Å². The molecule has 9 heteroatoms. The van der Waals surface area contributed by atoms with Crippen LogP contribution < -0.4 is 19.5 Å². The average Bonchev–Trinajstić information content (AvgIpc) is 2.79. The molecule has 0 saturated carbocycles. The van der Waals surface area contributed by atoms with E-state index in [1.165, 1.54) is 24.3 Å². The Morgan fingerprint density at radius 2 is 1.80 bits per heavy atom. The summed E-state index contributed by atoms with van der Waals surface area (Å²) in [6.07, 6.45) is 0. The Bertz CT molecular complexity index is 943. The smallest absolute Gasteiger partial charge is 0.333 e. The second-order valence-electron chi connectivity index (χ2n) is 5.78. The molecule has 3 rings (SSSR count). The van der Waals surface area contributed by atoms with E-state index in [4.69, 9.17) is 21.1 Å². The monoisotopic (exact) mass is 382 g/mol. The Morgan fingerprint density at radius 1 is 1.08 bits per heavy atom. The van der Waals surface area contributed by atoms with Crippen molar-refractivity contribution in [1.82, 2.24) is 4.72 Å². The Hall–Kier alpha value is -2.45. The van der Waals surface area contributed by atoms with E-state index >= 15 is 0 Å². The van der Waals surface area contributed by atoms with Gasteiger partial charge in [-0.15, -0.1) is 0 Å². The van der Waals surface area contributed by atoms with Gasteiger partial charge in [-0.1, -0.05) is 17.7 Å². The van der Waals surface area contributed by atoms with E-state index in [0.29, 0.717) is 22.2 Å². The summed E-state index contributed by atoms with van der Waals surface area (Å²) in [5.74, 6) is -0.141. The average molecular weight is 383 g/mol. The number of amides is 2. The van der Waals surface area contributed by atoms with Crippen LogP contribution in [0.15, 0.2) is 47.4 Å². The van der Waals surface area contributed by atoms with Gasteiger partial charge in [-0.2, -0.15) is 0 Å². The van der Waals surface area contributed by atoms with Crippen LogP contribution in [0, 0.1) is 0 Å². The summed E-state index contributed by atoms with van der Waals surface area (Å²) in [6, 6.07) is 9.56. The molecule has 7 nitrogen and oxygen atoms in total. The molecule has 0 bridgehead atoms. The first-order valence-corrected chi connectivity index (χ1v) is 9.12. The maximum Gasteiger partial charge on any atom is 0.333 e. The van der Waals surface area contributed by atoms with Crippen LogP contribution in [0.25, 0.3) is 0 Å². The molecular weight excluding hydrogens is 368 g/mol. The number of sulfonamides is 1. The van der Waals surface area contributed by atoms with Crippen LogP contribution in [-0.2, 0) is 10.0 Å². The summed E-state index contributed by atoms with van der Waals surface area (Å²) in [7, 11) is -4.08. The van der Waals surface area contributed by atoms with Crippen LogP contribution in [0.2, 0.25) is 5.02 Å². The van der Waals surface area contributed by atoms with E-state index in [1.807, 2.05) is 4.72 Å². The zero-order valence-electron chi connectivity index (χ0n) is 13.4. The minimum atomic E-state index is -4.08. The number of benzene rings is 2. The largest absolute Gasteiger partial charge is 0.449 e. The predicted octanol–water partition coefficient (Wildman–Crippen LogP) is 3.36. The molecule has 0 radical (unpaired) electrons. The zero-order valence-corrected chi connectivity index (χ0v) is 14.9. The van der Waals surface area contributed by atoms with Crippen LogP contribution in [0.1, 0.15) is 13.8 Å². The highest BCUT2D eigenvalue weighted by Gasteiger charge is 2.33. The number of halogens is 1. The van der Waals surface area contributed by atoms with E-state index < -0.39 is 21.8 Å². The van der Waals surface area contributed by atoms with Gasteiger partial charge in [-0.25, -0.2) is 17.9 Å². The molecule has 0 spiro atoms. The molecule has 1 heterocycles. The van der Waals surface area contributed by atoms with E-state index in [-0.39, 0.29) is 4.90 Å². The maximum absolute atomic E-state index is 12.4. The Kier molecular flexibility index (Phi) is 4.26. The van der Waals surface area contributed by atoms with Crippen molar-refractivity contribution >= 4 is 33.3 Å². The van der Waals surface area contributed by atoms with Gasteiger partial charge in [0.05, 0.1) is 4.90 Å². The lowest BCUT2D eigenvalue weighted by molar-refractivity contribution is -0.0432. The molecule has 0 aromatic heterocycles. The molecule has 0 fully saturated rings. The first-order valence-electron chi connectivity index (χ1n) is 7.26. The normalized spacial score (nSPS) is 14.8. The van der Waals surface area contributed by atoms with Gasteiger partial charge in [0.1, 0.15) is 0 Å². The highest BCUT2D eigenvalue weighted by molar-refractivity contribution is 7.90. The van der Waals surface area contributed by atoms with Gasteiger partial charge in [0.15, 0.2) is 11.5 Å². The number of fused-ring (bicyclic) bond motifs is 1. The second-order valence-corrected chi connectivity index (χ2v) is 7.90.